The topological polar surface area (TPSA) is 63.6 Å². The van der Waals surface area contributed by atoms with E-state index in [2.05, 4.69) is 0 Å². The molecule has 0 aromatic heterocycles. The molecule has 4 heteroatoms. The quantitative estimate of drug-likeness (QED) is 0.770. The molecular formula is C21H26O4. The third-order valence-corrected chi connectivity index (χ3v) is 4.75. The summed E-state index contributed by atoms with van der Waals surface area (Å²) in [6, 6.07) is 9.75. The van der Waals surface area contributed by atoms with Gasteiger partial charge in [0.05, 0.1) is 18.8 Å². The number of ketones is 2. The molecule has 0 aliphatic heterocycles. The Hall–Kier alpha value is -2.04. The van der Waals surface area contributed by atoms with Crippen molar-refractivity contribution in [3.63, 3.8) is 0 Å². The minimum absolute atomic E-state index is 0.0768. The van der Waals surface area contributed by atoms with Gasteiger partial charge in [-0.05, 0) is 46.1 Å². The first-order valence-corrected chi connectivity index (χ1v) is 8.53. The fraction of sp³-hybridized carbons (Fsp3) is 0.429. The van der Waals surface area contributed by atoms with Crippen LogP contribution in [0.5, 0.6) is 0 Å². The van der Waals surface area contributed by atoms with Crippen molar-refractivity contribution in [3.05, 3.63) is 58.2 Å². The van der Waals surface area contributed by atoms with E-state index in [0.717, 1.165) is 5.56 Å². The number of Topliss-reactive ketones (excluding diaryl/α,β-unsaturated/α-hetero) is 2. The van der Waals surface area contributed by atoms with Gasteiger partial charge < -0.3 is 9.84 Å². The van der Waals surface area contributed by atoms with Crippen molar-refractivity contribution in [2.45, 2.75) is 52.7 Å². The molecule has 0 spiro atoms. The molecule has 25 heavy (non-hydrogen) atoms. The van der Waals surface area contributed by atoms with Gasteiger partial charge in [0.1, 0.15) is 0 Å². The summed E-state index contributed by atoms with van der Waals surface area (Å²) in [5.41, 5.74) is 2.01. The van der Waals surface area contributed by atoms with Crippen LogP contribution >= 0.6 is 0 Å². The van der Waals surface area contributed by atoms with Gasteiger partial charge in [0.2, 0.25) is 0 Å². The van der Waals surface area contributed by atoms with Gasteiger partial charge in [0, 0.05) is 22.3 Å². The van der Waals surface area contributed by atoms with Crippen LogP contribution in [0.15, 0.2) is 52.6 Å². The molecule has 1 aliphatic rings. The van der Waals surface area contributed by atoms with Crippen molar-refractivity contribution in [3.8, 4) is 0 Å². The van der Waals surface area contributed by atoms with Crippen LogP contribution in [0.25, 0.3) is 0 Å². The predicted octanol–water partition coefficient (Wildman–Crippen LogP) is 3.54. The number of carbonyl (C=O) groups excluding carboxylic acids is 2. The van der Waals surface area contributed by atoms with Gasteiger partial charge in [-0.15, -0.1) is 0 Å². The molecular weight excluding hydrogens is 316 g/mol. The Bertz CT molecular complexity index is 724. The number of hydrogen-bond acceptors (Lipinski definition) is 4. The maximum absolute atomic E-state index is 12.4. The molecule has 0 saturated carbocycles. The first-order chi connectivity index (χ1) is 11.7. The van der Waals surface area contributed by atoms with E-state index in [9.17, 15) is 14.7 Å². The van der Waals surface area contributed by atoms with E-state index in [1.165, 1.54) is 0 Å². The van der Waals surface area contributed by atoms with E-state index in [4.69, 9.17) is 4.74 Å². The summed E-state index contributed by atoms with van der Waals surface area (Å²) in [5.74, 6) is -0.164. The summed E-state index contributed by atoms with van der Waals surface area (Å²) >= 11 is 0. The lowest BCUT2D eigenvalue weighted by Crippen LogP contribution is -2.31. The van der Waals surface area contributed by atoms with Gasteiger partial charge >= 0.3 is 0 Å². The molecule has 4 nitrogen and oxygen atoms in total. The van der Waals surface area contributed by atoms with Crippen molar-refractivity contribution in [2.75, 3.05) is 6.61 Å². The zero-order valence-corrected chi connectivity index (χ0v) is 15.4. The Labute approximate surface area is 149 Å². The standard InChI is InChI=1S/C21H26O4/c1-14-15(2)20(23)18(16(3)19(14)22)10-11-21(4,24)13-25-12-17-8-6-5-7-9-17/h5-9,24H,10-13H2,1-4H3/t21-/m1/s1. The monoisotopic (exact) mass is 342 g/mol. The SMILES string of the molecule is CC1=C(C)C(=O)C(CC[C@@](C)(O)COCc2ccccc2)=C(C)C1=O. The Kier molecular flexibility index (Phi) is 6.09. The lowest BCUT2D eigenvalue weighted by atomic mass is 9.82. The van der Waals surface area contributed by atoms with Gasteiger partial charge in [-0.3, -0.25) is 9.59 Å². The zero-order chi connectivity index (χ0) is 18.6. The van der Waals surface area contributed by atoms with Gasteiger partial charge in [-0.25, -0.2) is 0 Å². The van der Waals surface area contributed by atoms with Gasteiger partial charge in [-0.1, -0.05) is 30.3 Å². The molecule has 0 unspecified atom stereocenters. The summed E-state index contributed by atoms with van der Waals surface area (Å²) < 4.78 is 5.61. The van der Waals surface area contributed by atoms with Crippen molar-refractivity contribution in [1.82, 2.24) is 0 Å². The van der Waals surface area contributed by atoms with E-state index in [-0.39, 0.29) is 18.2 Å². The molecule has 1 aromatic carbocycles. The second kappa shape index (κ2) is 7.89. The highest BCUT2D eigenvalue weighted by molar-refractivity contribution is 6.24. The molecule has 2 rings (SSSR count). The summed E-state index contributed by atoms with van der Waals surface area (Å²) in [7, 11) is 0. The molecule has 0 fully saturated rings. The molecule has 0 amide bonds. The van der Waals surface area contributed by atoms with Crippen LogP contribution in [0.2, 0.25) is 0 Å². The molecule has 1 N–H and O–H groups in total. The lowest BCUT2D eigenvalue weighted by molar-refractivity contribution is -0.116. The van der Waals surface area contributed by atoms with Gasteiger partial charge in [-0.2, -0.15) is 0 Å². The van der Waals surface area contributed by atoms with Crippen molar-refractivity contribution < 1.29 is 19.4 Å². The maximum atomic E-state index is 12.4. The van der Waals surface area contributed by atoms with Crippen LogP contribution in [0.3, 0.4) is 0 Å². The first kappa shape index (κ1) is 19.3. The summed E-state index contributed by atoms with van der Waals surface area (Å²) in [6.07, 6.45) is 0.725. The molecule has 1 atom stereocenters. The van der Waals surface area contributed by atoms with E-state index in [0.29, 0.717) is 41.7 Å². The van der Waals surface area contributed by atoms with Crippen LogP contribution in [-0.2, 0) is 20.9 Å². The molecule has 134 valence electrons. The summed E-state index contributed by atoms with van der Waals surface area (Å²) in [5, 5.41) is 10.5. The second-order valence-electron chi connectivity index (χ2n) is 6.99. The molecule has 0 bridgehead atoms. The van der Waals surface area contributed by atoms with Gasteiger partial charge in [0.15, 0.2) is 11.6 Å². The average Bonchev–Trinajstić information content (AvgIpc) is 2.59. The minimum Gasteiger partial charge on any atom is -0.388 e. The fourth-order valence-corrected chi connectivity index (χ4v) is 2.89. The van der Waals surface area contributed by atoms with Crippen LogP contribution < -0.4 is 0 Å². The van der Waals surface area contributed by atoms with Crippen molar-refractivity contribution >= 4 is 11.6 Å². The number of allylic oxidation sites excluding steroid dienone is 4. The average molecular weight is 342 g/mol. The molecule has 1 aliphatic carbocycles. The van der Waals surface area contributed by atoms with Crippen LogP contribution in [0, 0.1) is 0 Å². The Morgan fingerprint density at radius 1 is 0.960 bits per heavy atom. The highest BCUT2D eigenvalue weighted by Gasteiger charge is 2.30. The number of rotatable bonds is 7. The van der Waals surface area contributed by atoms with Crippen molar-refractivity contribution in [2.24, 2.45) is 0 Å². The highest BCUT2D eigenvalue weighted by Crippen LogP contribution is 2.29. The third kappa shape index (κ3) is 4.74. The number of ether oxygens (including phenoxy) is 1. The Morgan fingerprint density at radius 3 is 2.20 bits per heavy atom. The smallest absolute Gasteiger partial charge is 0.185 e. The Morgan fingerprint density at radius 2 is 1.56 bits per heavy atom. The minimum atomic E-state index is -1.06. The summed E-state index contributed by atoms with van der Waals surface area (Å²) in [6.45, 7) is 7.34. The summed E-state index contributed by atoms with van der Waals surface area (Å²) in [4.78, 5) is 24.6. The molecule has 1 aromatic rings. The number of hydrogen-bond donors (Lipinski definition) is 1. The van der Waals surface area contributed by atoms with E-state index in [1.54, 1.807) is 27.7 Å². The normalized spacial score (nSPS) is 18.0. The zero-order valence-electron chi connectivity index (χ0n) is 15.4. The van der Waals surface area contributed by atoms with E-state index in [1.807, 2.05) is 30.3 Å². The maximum Gasteiger partial charge on any atom is 0.185 e. The third-order valence-electron chi connectivity index (χ3n) is 4.75. The number of carbonyl (C=O) groups is 2. The Balaban J connectivity index is 1.93. The first-order valence-electron chi connectivity index (χ1n) is 8.53. The van der Waals surface area contributed by atoms with E-state index >= 15 is 0 Å². The van der Waals surface area contributed by atoms with E-state index < -0.39 is 5.60 Å². The number of benzene rings is 1. The largest absolute Gasteiger partial charge is 0.388 e. The lowest BCUT2D eigenvalue weighted by Gasteiger charge is -2.25. The van der Waals surface area contributed by atoms with Crippen LogP contribution in [-0.4, -0.2) is 28.9 Å². The van der Waals surface area contributed by atoms with Crippen LogP contribution in [0.4, 0.5) is 0 Å². The molecule has 0 radical (unpaired) electrons. The second-order valence-corrected chi connectivity index (χ2v) is 6.99. The van der Waals surface area contributed by atoms with Crippen molar-refractivity contribution in [1.29, 1.82) is 0 Å². The molecule has 0 heterocycles. The predicted molar refractivity (Wildman–Crippen MR) is 97.0 cm³/mol. The molecule has 0 saturated heterocycles. The number of aliphatic hydroxyl groups is 1. The fourth-order valence-electron chi connectivity index (χ4n) is 2.89. The highest BCUT2D eigenvalue weighted by atomic mass is 16.5. The van der Waals surface area contributed by atoms with Gasteiger partial charge in [0.25, 0.3) is 0 Å². The van der Waals surface area contributed by atoms with Crippen LogP contribution in [0.1, 0.15) is 46.1 Å².